The summed E-state index contributed by atoms with van der Waals surface area (Å²) in [7, 11) is 0. The summed E-state index contributed by atoms with van der Waals surface area (Å²) in [4.78, 5) is 0. The van der Waals surface area contributed by atoms with E-state index in [0.717, 1.165) is 0 Å². The van der Waals surface area contributed by atoms with Crippen molar-refractivity contribution in [3.8, 4) is 11.4 Å². The minimum Gasteiger partial charge on any atom is -0.309 e. The first-order valence-electron chi connectivity index (χ1n) is 16.0. The van der Waals surface area contributed by atoms with Crippen LogP contribution in [0.3, 0.4) is 0 Å². The third kappa shape index (κ3) is 3.45. The Balaban J connectivity index is 1.25. The van der Waals surface area contributed by atoms with Crippen molar-refractivity contribution in [1.29, 1.82) is 0 Å². The molecule has 3 nitrogen and oxygen atoms in total. The number of hydrogen-bond acceptors (Lipinski definition) is 0. The van der Waals surface area contributed by atoms with Gasteiger partial charge >= 0.3 is 0 Å². The molecule has 1 aliphatic carbocycles. The number of para-hydroxylation sites is 3. The number of hydrogen-bond donors (Lipinski definition) is 0. The predicted octanol–water partition coefficient (Wildman–Crippen LogP) is 10.7. The zero-order valence-corrected chi connectivity index (χ0v) is 25.4. The number of rotatable bonds is 3. The summed E-state index contributed by atoms with van der Waals surface area (Å²) in [6, 6.07) is 49.0. The minimum atomic E-state index is 0.213. The zero-order valence-electron chi connectivity index (χ0n) is 25.4. The third-order valence-corrected chi connectivity index (χ3v) is 9.88. The molecular weight excluding hydrogens is 558 g/mol. The van der Waals surface area contributed by atoms with E-state index in [1.807, 2.05) is 0 Å². The summed E-state index contributed by atoms with van der Waals surface area (Å²) in [6.07, 6.45) is 8.94. The average Bonchev–Trinajstić information content (AvgIpc) is 3.74. The number of aryl methyl sites for hydroxylation is 1. The van der Waals surface area contributed by atoms with Crippen molar-refractivity contribution in [2.24, 2.45) is 0 Å². The topological polar surface area (TPSA) is 12.9 Å². The van der Waals surface area contributed by atoms with Gasteiger partial charge in [-0.1, -0.05) is 90.5 Å². The maximum atomic E-state index is 2.47. The first-order chi connectivity index (χ1) is 22.8. The predicted molar refractivity (Wildman–Crippen MR) is 194 cm³/mol. The lowest BCUT2D eigenvalue weighted by Gasteiger charge is -2.11. The second-order valence-corrected chi connectivity index (χ2v) is 12.5. The first kappa shape index (κ1) is 25.4. The van der Waals surface area contributed by atoms with Crippen LogP contribution >= 0.6 is 0 Å². The second kappa shape index (κ2) is 9.53. The maximum absolute atomic E-state index is 2.47. The molecule has 8 aromatic rings. The molecule has 0 saturated heterocycles. The van der Waals surface area contributed by atoms with Crippen molar-refractivity contribution in [3.05, 3.63) is 169 Å². The summed E-state index contributed by atoms with van der Waals surface area (Å²) in [5.74, 6) is 0.213. The molecule has 0 radical (unpaired) electrons. The summed E-state index contributed by atoms with van der Waals surface area (Å²) < 4.78 is 7.30. The highest BCUT2D eigenvalue weighted by molar-refractivity contribution is 6.29. The Hall–Kier alpha value is -5.93. The van der Waals surface area contributed by atoms with Gasteiger partial charge in [-0.2, -0.15) is 4.58 Å². The van der Waals surface area contributed by atoms with Crippen LogP contribution in [-0.2, 0) is 0 Å². The number of nitrogens with zero attached hydrogens (tertiary/aromatic N) is 3. The highest BCUT2D eigenvalue weighted by atomic mass is 15.1. The number of allylic oxidation sites excluding steroid dienone is 4. The molecule has 6 aromatic carbocycles. The van der Waals surface area contributed by atoms with Gasteiger partial charge in [-0.25, -0.2) is 0 Å². The molecule has 2 aliphatic rings. The van der Waals surface area contributed by atoms with E-state index in [1.54, 1.807) is 0 Å². The van der Waals surface area contributed by atoms with Crippen LogP contribution in [0.5, 0.6) is 0 Å². The molecule has 0 fully saturated rings. The van der Waals surface area contributed by atoms with Crippen molar-refractivity contribution < 1.29 is 0 Å². The van der Waals surface area contributed by atoms with E-state index in [1.165, 1.54) is 83.2 Å². The number of fused-ring (bicyclic) bond motifs is 10. The molecule has 0 saturated carbocycles. The quantitative estimate of drug-likeness (QED) is 0.182. The smallest absolute Gasteiger partial charge is 0.215 e. The van der Waals surface area contributed by atoms with Crippen molar-refractivity contribution >= 4 is 60.7 Å². The van der Waals surface area contributed by atoms with Crippen LogP contribution in [0.1, 0.15) is 17.0 Å². The molecular formula is C43H30N3+. The normalized spacial score (nSPS) is 15.5. The molecule has 0 spiro atoms. The van der Waals surface area contributed by atoms with Gasteiger partial charge in [-0.15, -0.1) is 0 Å². The number of aromatic nitrogens is 2. The second-order valence-electron chi connectivity index (χ2n) is 12.5. The Kier molecular flexibility index (Phi) is 5.26. The van der Waals surface area contributed by atoms with Crippen LogP contribution in [0.25, 0.3) is 55.0 Å². The summed E-state index contributed by atoms with van der Waals surface area (Å²) in [6.45, 7) is 2.14. The molecule has 216 valence electrons. The standard InChI is InChI=1S/C43H30N3/c1-28-19-21-30(22-20-28)44-36-16-8-5-13-32(36)35-27-31(23-24-39(35)44)46-38-18-10-7-15-34(38)43-41(46)26-25-40-42(43)33-14-6-9-17-37(33)45(40)29-11-3-2-4-12-29/h2-27,32H,1H3/q+1. The first-order valence-corrected chi connectivity index (χ1v) is 16.0. The maximum Gasteiger partial charge on any atom is 0.215 e. The van der Waals surface area contributed by atoms with Gasteiger partial charge in [-0.3, -0.25) is 0 Å². The van der Waals surface area contributed by atoms with E-state index in [9.17, 15) is 0 Å². The molecule has 0 bridgehead atoms. The monoisotopic (exact) mass is 588 g/mol. The Morgan fingerprint density at radius 2 is 1.17 bits per heavy atom. The molecule has 0 amide bonds. The summed E-state index contributed by atoms with van der Waals surface area (Å²) in [5.41, 5.74) is 13.6. The third-order valence-electron chi connectivity index (χ3n) is 9.88. The van der Waals surface area contributed by atoms with Gasteiger partial charge in [0.25, 0.3) is 0 Å². The Bertz CT molecular complexity index is 2630. The minimum absolute atomic E-state index is 0.213. The largest absolute Gasteiger partial charge is 0.309 e. The Labute approximate surface area is 266 Å². The molecule has 1 aliphatic heterocycles. The van der Waals surface area contributed by atoms with Gasteiger partial charge in [0, 0.05) is 62.8 Å². The van der Waals surface area contributed by atoms with Gasteiger partial charge in [0.05, 0.1) is 28.0 Å². The lowest BCUT2D eigenvalue weighted by molar-refractivity contribution is 1.09. The fraction of sp³-hybridized carbons (Fsp3) is 0.0465. The van der Waals surface area contributed by atoms with Crippen LogP contribution < -0.4 is 4.58 Å². The molecule has 1 atom stereocenters. The lowest BCUT2D eigenvalue weighted by atomic mass is 9.92. The van der Waals surface area contributed by atoms with E-state index in [4.69, 9.17) is 0 Å². The van der Waals surface area contributed by atoms with Gasteiger partial charge in [-0.05, 0) is 55.5 Å². The van der Waals surface area contributed by atoms with Crippen LogP contribution in [0.4, 0.5) is 11.4 Å². The molecule has 0 N–H and O–H groups in total. The lowest BCUT2D eigenvalue weighted by Crippen LogP contribution is -2.14. The van der Waals surface area contributed by atoms with Gasteiger partial charge in [0.2, 0.25) is 11.4 Å². The van der Waals surface area contributed by atoms with Crippen LogP contribution in [0, 0.1) is 6.92 Å². The average molecular weight is 589 g/mol. The fourth-order valence-corrected chi connectivity index (χ4v) is 7.91. The van der Waals surface area contributed by atoms with Crippen LogP contribution in [0.2, 0.25) is 0 Å². The zero-order chi connectivity index (χ0) is 30.4. The Morgan fingerprint density at radius 1 is 0.543 bits per heavy atom. The van der Waals surface area contributed by atoms with Gasteiger partial charge in [0.1, 0.15) is 0 Å². The molecule has 2 aromatic heterocycles. The highest BCUT2D eigenvalue weighted by Gasteiger charge is 2.39. The van der Waals surface area contributed by atoms with Crippen molar-refractivity contribution in [2.75, 3.05) is 0 Å². The van der Waals surface area contributed by atoms with Gasteiger partial charge < -0.3 is 9.13 Å². The molecule has 3 heterocycles. The van der Waals surface area contributed by atoms with Gasteiger partial charge in [0.15, 0.2) is 5.71 Å². The van der Waals surface area contributed by atoms with Crippen molar-refractivity contribution in [2.45, 2.75) is 12.8 Å². The molecule has 46 heavy (non-hydrogen) atoms. The summed E-state index contributed by atoms with van der Waals surface area (Å²) in [5, 5.41) is 5.15. The SMILES string of the molecule is Cc1ccc([N+]2=C3C=CC=CC3c3cc(-n4c5ccccc5c5c6c7ccccc7n(-c7ccccc7)c6ccc54)ccc32)cc1. The highest BCUT2D eigenvalue weighted by Crippen LogP contribution is 2.45. The van der Waals surface area contributed by atoms with E-state index in [0.29, 0.717) is 0 Å². The molecule has 3 heteroatoms. The van der Waals surface area contributed by atoms with Crippen LogP contribution in [0.15, 0.2) is 158 Å². The van der Waals surface area contributed by atoms with E-state index in [-0.39, 0.29) is 5.92 Å². The van der Waals surface area contributed by atoms with E-state index >= 15 is 0 Å². The van der Waals surface area contributed by atoms with E-state index in [2.05, 4.69) is 178 Å². The van der Waals surface area contributed by atoms with E-state index < -0.39 is 0 Å². The molecule has 1 unspecified atom stereocenters. The van der Waals surface area contributed by atoms with Crippen LogP contribution in [-0.4, -0.2) is 14.8 Å². The fourth-order valence-electron chi connectivity index (χ4n) is 7.91. The molecule has 10 rings (SSSR count). The number of benzene rings is 6. The Morgan fingerprint density at radius 3 is 1.87 bits per heavy atom. The van der Waals surface area contributed by atoms with Crippen molar-refractivity contribution in [1.82, 2.24) is 13.7 Å². The van der Waals surface area contributed by atoms with Crippen molar-refractivity contribution in [3.63, 3.8) is 0 Å². The summed E-state index contributed by atoms with van der Waals surface area (Å²) >= 11 is 0.